The van der Waals surface area contributed by atoms with Crippen LogP contribution in [0.1, 0.15) is 5.69 Å². The summed E-state index contributed by atoms with van der Waals surface area (Å²) >= 11 is 11.1. The quantitative estimate of drug-likeness (QED) is 0.358. The van der Waals surface area contributed by atoms with Crippen molar-refractivity contribution in [3.05, 3.63) is 89.2 Å². The standard InChI is InChI=1S/C21H14ClN3O4S2/c22-14-8-10-15(11-9-14)25-20(27)18(19(26)23-21(25)30)13-16-5-4-12-24(16)31(28,29)17-6-2-1-3-7-17/h1-13H,(H,23,26,30)/b18-13+. The van der Waals surface area contributed by atoms with E-state index in [4.69, 9.17) is 23.8 Å². The average Bonchev–Trinajstić information content (AvgIpc) is 3.22. The number of aromatic nitrogens is 1. The second kappa shape index (κ2) is 8.10. The first kappa shape index (κ1) is 21.0. The molecule has 156 valence electrons. The van der Waals surface area contributed by atoms with Crippen molar-refractivity contribution in [2.75, 3.05) is 4.90 Å². The fraction of sp³-hybridized carbons (Fsp3) is 0. The van der Waals surface area contributed by atoms with Crippen LogP contribution in [0.2, 0.25) is 5.02 Å². The lowest BCUT2D eigenvalue weighted by Gasteiger charge is -2.29. The molecule has 0 atom stereocenters. The van der Waals surface area contributed by atoms with Crippen molar-refractivity contribution >= 4 is 62.5 Å². The summed E-state index contributed by atoms with van der Waals surface area (Å²) < 4.78 is 27.0. The Labute approximate surface area is 188 Å². The monoisotopic (exact) mass is 471 g/mol. The Morgan fingerprint density at radius 3 is 2.29 bits per heavy atom. The lowest BCUT2D eigenvalue weighted by atomic mass is 10.1. The Hall–Kier alpha value is -3.27. The zero-order valence-electron chi connectivity index (χ0n) is 15.7. The van der Waals surface area contributed by atoms with E-state index in [1.54, 1.807) is 42.5 Å². The Kier molecular flexibility index (Phi) is 5.48. The predicted octanol–water partition coefficient (Wildman–Crippen LogP) is 3.21. The maximum atomic E-state index is 13.1. The minimum atomic E-state index is -3.92. The molecule has 2 amide bonds. The zero-order valence-corrected chi connectivity index (χ0v) is 18.1. The van der Waals surface area contributed by atoms with Gasteiger partial charge >= 0.3 is 0 Å². The Morgan fingerprint density at radius 2 is 1.61 bits per heavy atom. The Balaban J connectivity index is 1.76. The Morgan fingerprint density at radius 1 is 0.935 bits per heavy atom. The molecule has 1 aliphatic heterocycles. The van der Waals surface area contributed by atoms with Crippen molar-refractivity contribution in [1.29, 1.82) is 0 Å². The highest BCUT2D eigenvalue weighted by atomic mass is 35.5. The second-order valence-electron chi connectivity index (χ2n) is 6.48. The maximum Gasteiger partial charge on any atom is 0.270 e. The van der Waals surface area contributed by atoms with Crippen LogP contribution in [-0.4, -0.2) is 29.3 Å². The van der Waals surface area contributed by atoms with Gasteiger partial charge in [0.2, 0.25) is 0 Å². The molecule has 3 aromatic rings. The molecule has 0 spiro atoms. The molecule has 0 saturated carbocycles. The molecule has 10 heteroatoms. The number of nitrogens with zero attached hydrogens (tertiary/aromatic N) is 2. The van der Waals surface area contributed by atoms with Crippen molar-refractivity contribution in [1.82, 2.24) is 9.29 Å². The third-order valence-electron chi connectivity index (χ3n) is 4.52. The van der Waals surface area contributed by atoms with Crippen LogP contribution < -0.4 is 10.2 Å². The predicted molar refractivity (Wildman–Crippen MR) is 121 cm³/mol. The van der Waals surface area contributed by atoms with Crippen molar-refractivity contribution < 1.29 is 18.0 Å². The van der Waals surface area contributed by atoms with E-state index in [0.717, 1.165) is 8.87 Å². The maximum absolute atomic E-state index is 13.1. The molecule has 0 aliphatic carbocycles. The van der Waals surface area contributed by atoms with E-state index in [0.29, 0.717) is 10.7 Å². The van der Waals surface area contributed by atoms with Crippen molar-refractivity contribution in [2.45, 2.75) is 4.90 Å². The highest BCUT2D eigenvalue weighted by molar-refractivity contribution is 7.90. The molecule has 0 unspecified atom stereocenters. The molecule has 31 heavy (non-hydrogen) atoms. The van der Waals surface area contributed by atoms with E-state index in [1.807, 2.05) is 0 Å². The molecule has 0 bridgehead atoms. The molecule has 1 saturated heterocycles. The van der Waals surface area contributed by atoms with Crippen LogP contribution in [0.5, 0.6) is 0 Å². The summed E-state index contributed by atoms with van der Waals surface area (Å²) in [5, 5.41) is 2.86. The SMILES string of the molecule is O=C1NC(=S)N(c2ccc(Cl)cc2)C(=O)/C1=C/c1cccn1S(=O)(=O)c1ccccc1. The number of benzene rings is 2. The topological polar surface area (TPSA) is 88.5 Å². The van der Waals surface area contributed by atoms with Crippen LogP contribution in [-0.2, 0) is 19.6 Å². The van der Waals surface area contributed by atoms with Crippen LogP contribution in [0.25, 0.3) is 6.08 Å². The number of thiocarbonyl (C=S) groups is 1. The van der Waals surface area contributed by atoms with E-state index < -0.39 is 21.8 Å². The van der Waals surface area contributed by atoms with E-state index >= 15 is 0 Å². The van der Waals surface area contributed by atoms with Crippen LogP contribution in [0.3, 0.4) is 0 Å². The summed E-state index contributed by atoms with van der Waals surface area (Å²) in [5.41, 5.74) is 0.301. The van der Waals surface area contributed by atoms with Crippen LogP contribution in [0, 0.1) is 0 Å². The molecule has 2 heterocycles. The van der Waals surface area contributed by atoms with Gasteiger partial charge in [0.15, 0.2) is 5.11 Å². The van der Waals surface area contributed by atoms with E-state index in [9.17, 15) is 18.0 Å². The first-order valence-corrected chi connectivity index (χ1v) is 11.2. The summed E-state index contributed by atoms with van der Waals surface area (Å²) in [6.45, 7) is 0. The number of amides is 2. The van der Waals surface area contributed by atoms with Gasteiger partial charge in [0.1, 0.15) is 5.57 Å². The normalized spacial score (nSPS) is 16.0. The molecule has 7 nitrogen and oxygen atoms in total. The molecule has 1 fully saturated rings. The first-order valence-electron chi connectivity index (χ1n) is 8.94. The highest BCUT2D eigenvalue weighted by Crippen LogP contribution is 2.25. The zero-order chi connectivity index (χ0) is 22.2. The van der Waals surface area contributed by atoms with Crippen LogP contribution in [0.15, 0.2) is 83.4 Å². The summed E-state index contributed by atoms with van der Waals surface area (Å²) in [5.74, 6) is -1.40. The lowest BCUT2D eigenvalue weighted by molar-refractivity contribution is -0.122. The highest BCUT2D eigenvalue weighted by Gasteiger charge is 2.35. The summed E-state index contributed by atoms with van der Waals surface area (Å²) in [6, 6.07) is 17.2. The third kappa shape index (κ3) is 3.90. The summed E-state index contributed by atoms with van der Waals surface area (Å²) in [4.78, 5) is 26.8. The van der Waals surface area contributed by atoms with Gasteiger partial charge in [-0.1, -0.05) is 29.8 Å². The molecule has 4 rings (SSSR count). The minimum absolute atomic E-state index is 0.0780. The number of nitrogens with one attached hydrogen (secondary N) is 1. The van der Waals surface area contributed by atoms with Crippen LogP contribution in [0.4, 0.5) is 5.69 Å². The summed E-state index contributed by atoms with van der Waals surface area (Å²) in [7, 11) is -3.92. The lowest BCUT2D eigenvalue weighted by Crippen LogP contribution is -2.54. The number of carbonyl (C=O) groups is 2. The largest absolute Gasteiger partial charge is 0.298 e. The molecule has 0 radical (unpaired) electrons. The number of anilines is 1. The average molecular weight is 472 g/mol. The van der Waals surface area contributed by atoms with E-state index in [2.05, 4.69) is 5.32 Å². The summed E-state index contributed by atoms with van der Waals surface area (Å²) in [6.07, 6.45) is 2.57. The molecule has 1 aromatic heterocycles. The van der Waals surface area contributed by atoms with E-state index in [-0.39, 0.29) is 21.3 Å². The van der Waals surface area contributed by atoms with Crippen molar-refractivity contribution in [2.24, 2.45) is 0 Å². The van der Waals surface area contributed by atoms with Gasteiger partial charge in [-0.25, -0.2) is 12.4 Å². The molecular weight excluding hydrogens is 458 g/mol. The number of hydrogen-bond donors (Lipinski definition) is 1. The first-order chi connectivity index (χ1) is 14.8. The van der Waals surface area contributed by atoms with Crippen molar-refractivity contribution in [3.63, 3.8) is 0 Å². The van der Waals surface area contributed by atoms with Gasteiger partial charge in [0.25, 0.3) is 21.8 Å². The Bertz CT molecular complexity index is 1330. The fourth-order valence-electron chi connectivity index (χ4n) is 3.05. The van der Waals surface area contributed by atoms with E-state index in [1.165, 1.54) is 36.5 Å². The molecular formula is C21H14ClN3O4S2. The number of carbonyl (C=O) groups excluding carboxylic acids is 2. The number of hydrogen-bond acceptors (Lipinski definition) is 5. The number of halogens is 1. The molecule has 1 N–H and O–H groups in total. The van der Waals surface area contributed by atoms with Gasteiger partial charge in [-0.15, -0.1) is 0 Å². The number of rotatable bonds is 4. The second-order valence-corrected chi connectivity index (χ2v) is 9.12. The molecule has 1 aliphatic rings. The van der Waals surface area contributed by atoms with Gasteiger partial charge < -0.3 is 0 Å². The van der Waals surface area contributed by atoms with Crippen molar-refractivity contribution in [3.8, 4) is 0 Å². The van der Waals surface area contributed by atoms with Crippen LogP contribution >= 0.6 is 23.8 Å². The molecule has 2 aromatic carbocycles. The van der Waals surface area contributed by atoms with Gasteiger partial charge in [0.05, 0.1) is 16.3 Å². The van der Waals surface area contributed by atoms with Gasteiger partial charge in [-0.05, 0) is 66.8 Å². The van der Waals surface area contributed by atoms with Gasteiger partial charge in [-0.2, -0.15) is 0 Å². The smallest absolute Gasteiger partial charge is 0.270 e. The minimum Gasteiger partial charge on any atom is -0.298 e. The third-order valence-corrected chi connectivity index (χ3v) is 6.78. The fourth-order valence-corrected chi connectivity index (χ4v) is 4.80. The van der Waals surface area contributed by atoms with Gasteiger partial charge in [0, 0.05) is 11.2 Å². The van der Waals surface area contributed by atoms with Gasteiger partial charge in [-0.3, -0.25) is 19.8 Å².